The smallest absolute Gasteiger partial charge is 0.274 e. The SMILES string of the molecule is CC(C)CCNc1nccc(C(=O)Nc2ccccc2C#N)n1. The third-order valence-electron chi connectivity index (χ3n) is 3.19. The quantitative estimate of drug-likeness (QED) is 0.855. The Bertz CT molecular complexity index is 721. The first-order valence-corrected chi connectivity index (χ1v) is 7.47. The van der Waals surface area contributed by atoms with Crippen LogP contribution in [0.4, 0.5) is 11.6 Å². The zero-order valence-electron chi connectivity index (χ0n) is 13.2. The van der Waals surface area contributed by atoms with E-state index in [9.17, 15) is 4.79 Å². The Balaban J connectivity index is 2.06. The third kappa shape index (κ3) is 4.78. The minimum absolute atomic E-state index is 0.250. The molecule has 0 saturated carbocycles. The van der Waals surface area contributed by atoms with Crippen molar-refractivity contribution in [2.45, 2.75) is 20.3 Å². The van der Waals surface area contributed by atoms with Gasteiger partial charge in [-0.15, -0.1) is 0 Å². The lowest BCUT2D eigenvalue weighted by atomic mass is 10.1. The molecule has 1 aromatic carbocycles. The van der Waals surface area contributed by atoms with E-state index in [-0.39, 0.29) is 11.6 Å². The van der Waals surface area contributed by atoms with E-state index in [4.69, 9.17) is 5.26 Å². The van der Waals surface area contributed by atoms with E-state index in [2.05, 4.69) is 34.4 Å². The summed E-state index contributed by atoms with van der Waals surface area (Å²) in [7, 11) is 0. The Morgan fingerprint density at radius 2 is 2.09 bits per heavy atom. The van der Waals surface area contributed by atoms with Crippen LogP contribution in [0.25, 0.3) is 0 Å². The second-order valence-corrected chi connectivity index (χ2v) is 5.49. The number of carbonyl (C=O) groups excluding carboxylic acids is 1. The van der Waals surface area contributed by atoms with Crippen LogP contribution in [0.15, 0.2) is 36.5 Å². The first-order chi connectivity index (χ1) is 11.1. The van der Waals surface area contributed by atoms with Crippen molar-refractivity contribution in [2.75, 3.05) is 17.2 Å². The highest BCUT2D eigenvalue weighted by atomic mass is 16.1. The van der Waals surface area contributed by atoms with Gasteiger partial charge in [-0.05, 0) is 30.5 Å². The summed E-state index contributed by atoms with van der Waals surface area (Å²) in [6, 6.07) is 10.4. The van der Waals surface area contributed by atoms with E-state index in [0.29, 0.717) is 23.1 Å². The van der Waals surface area contributed by atoms with Gasteiger partial charge in [-0.25, -0.2) is 9.97 Å². The fraction of sp³-hybridized carbons (Fsp3) is 0.294. The van der Waals surface area contributed by atoms with Gasteiger partial charge in [-0.1, -0.05) is 26.0 Å². The van der Waals surface area contributed by atoms with Crippen molar-refractivity contribution in [3.63, 3.8) is 0 Å². The van der Waals surface area contributed by atoms with Crippen LogP contribution < -0.4 is 10.6 Å². The van der Waals surface area contributed by atoms with Gasteiger partial charge in [0, 0.05) is 12.7 Å². The maximum Gasteiger partial charge on any atom is 0.274 e. The van der Waals surface area contributed by atoms with Gasteiger partial charge in [0.25, 0.3) is 5.91 Å². The van der Waals surface area contributed by atoms with Gasteiger partial charge in [-0.3, -0.25) is 4.79 Å². The minimum atomic E-state index is -0.373. The average Bonchev–Trinajstić information content (AvgIpc) is 2.55. The Morgan fingerprint density at radius 1 is 1.30 bits per heavy atom. The molecule has 0 unspecified atom stereocenters. The number of nitrogens with one attached hydrogen (secondary N) is 2. The van der Waals surface area contributed by atoms with Gasteiger partial charge in [-0.2, -0.15) is 5.26 Å². The van der Waals surface area contributed by atoms with Crippen molar-refractivity contribution in [1.82, 2.24) is 9.97 Å². The maximum absolute atomic E-state index is 12.3. The van der Waals surface area contributed by atoms with Gasteiger partial charge < -0.3 is 10.6 Å². The molecule has 2 N–H and O–H groups in total. The second-order valence-electron chi connectivity index (χ2n) is 5.49. The summed E-state index contributed by atoms with van der Waals surface area (Å²) in [5, 5.41) is 14.9. The zero-order valence-corrected chi connectivity index (χ0v) is 13.2. The number of anilines is 2. The van der Waals surface area contributed by atoms with E-state index in [1.807, 2.05) is 6.07 Å². The summed E-state index contributed by atoms with van der Waals surface area (Å²) in [6.45, 7) is 5.03. The molecule has 2 aromatic rings. The predicted molar refractivity (Wildman–Crippen MR) is 89.1 cm³/mol. The molecule has 1 aromatic heterocycles. The number of hydrogen-bond acceptors (Lipinski definition) is 5. The molecule has 0 aliphatic carbocycles. The number of amides is 1. The van der Waals surface area contributed by atoms with E-state index in [1.165, 1.54) is 12.3 Å². The van der Waals surface area contributed by atoms with Crippen LogP contribution in [0.5, 0.6) is 0 Å². The summed E-state index contributed by atoms with van der Waals surface area (Å²) in [6.07, 6.45) is 2.53. The van der Waals surface area contributed by atoms with Crippen LogP contribution >= 0.6 is 0 Å². The molecule has 6 nitrogen and oxygen atoms in total. The lowest BCUT2D eigenvalue weighted by molar-refractivity contribution is 0.102. The average molecular weight is 309 g/mol. The first kappa shape index (κ1) is 16.4. The summed E-state index contributed by atoms with van der Waals surface area (Å²) >= 11 is 0. The van der Waals surface area contributed by atoms with Gasteiger partial charge in [0.15, 0.2) is 0 Å². The van der Waals surface area contributed by atoms with E-state index in [0.717, 1.165) is 13.0 Å². The van der Waals surface area contributed by atoms with Crippen LogP contribution in [0.2, 0.25) is 0 Å². The van der Waals surface area contributed by atoms with Crippen molar-refractivity contribution in [2.24, 2.45) is 5.92 Å². The highest BCUT2D eigenvalue weighted by molar-refractivity contribution is 6.03. The van der Waals surface area contributed by atoms with Crippen molar-refractivity contribution in [1.29, 1.82) is 5.26 Å². The number of hydrogen-bond donors (Lipinski definition) is 2. The monoisotopic (exact) mass is 309 g/mol. The predicted octanol–water partition coefficient (Wildman–Crippen LogP) is 3.06. The molecular formula is C17H19N5O. The van der Waals surface area contributed by atoms with Crippen LogP contribution in [-0.2, 0) is 0 Å². The normalized spacial score (nSPS) is 10.2. The number of carbonyl (C=O) groups is 1. The Labute approximate surface area is 135 Å². The summed E-state index contributed by atoms with van der Waals surface area (Å²) in [5.74, 6) is 0.630. The standard InChI is InChI=1S/C17H19N5O/c1-12(2)7-9-19-17-20-10-8-15(22-17)16(23)21-14-6-4-3-5-13(14)11-18/h3-6,8,10,12H,7,9H2,1-2H3,(H,21,23)(H,19,20,22). The Morgan fingerprint density at radius 3 is 2.83 bits per heavy atom. The van der Waals surface area contributed by atoms with Crippen molar-refractivity contribution < 1.29 is 4.79 Å². The number of para-hydroxylation sites is 1. The fourth-order valence-electron chi connectivity index (χ4n) is 1.92. The van der Waals surface area contributed by atoms with E-state index >= 15 is 0 Å². The highest BCUT2D eigenvalue weighted by Gasteiger charge is 2.11. The molecule has 0 saturated heterocycles. The molecule has 23 heavy (non-hydrogen) atoms. The number of nitriles is 1. The molecule has 118 valence electrons. The summed E-state index contributed by atoms with van der Waals surface area (Å²) in [5.41, 5.74) is 1.12. The second kappa shape index (κ2) is 7.90. The molecule has 0 fully saturated rings. The van der Waals surface area contributed by atoms with Crippen LogP contribution in [0.1, 0.15) is 36.3 Å². The molecule has 0 bridgehead atoms. The van der Waals surface area contributed by atoms with Crippen molar-refractivity contribution in [3.8, 4) is 6.07 Å². The van der Waals surface area contributed by atoms with E-state index in [1.54, 1.807) is 24.3 Å². The summed E-state index contributed by atoms with van der Waals surface area (Å²) < 4.78 is 0. The molecule has 2 rings (SSSR count). The molecule has 0 aliphatic heterocycles. The van der Waals surface area contributed by atoms with Crippen LogP contribution in [-0.4, -0.2) is 22.4 Å². The van der Waals surface area contributed by atoms with Gasteiger partial charge in [0.05, 0.1) is 11.3 Å². The fourth-order valence-corrected chi connectivity index (χ4v) is 1.92. The van der Waals surface area contributed by atoms with Gasteiger partial charge in [0.2, 0.25) is 5.95 Å². The summed E-state index contributed by atoms with van der Waals surface area (Å²) in [4.78, 5) is 20.6. The van der Waals surface area contributed by atoms with E-state index < -0.39 is 0 Å². The maximum atomic E-state index is 12.3. The topological polar surface area (TPSA) is 90.7 Å². The molecule has 6 heteroatoms. The molecular weight excluding hydrogens is 290 g/mol. The van der Waals surface area contributed by atoms with Gasteiger partial charge in [0.1, 0.15) is 11.8 Å². The first-order valence-electron chi connectivity index (χ1n) is 7.47. The van der Waals surface area contributed by atoms with Crippen molar-refractivity contribution in [3.05, 3.63) is 47.8 Å². The molecule has 1 amide bonds. The molecule has 1 heterocycles. The number of nitrogens with zero attached hydrogens (tertiary/aromatic N) is 3. The number of benzene rings is 1. The molecule has 0 spiro atoms. The molecule has 0 atom stereocenters. The lowest BCUT2D eigenvalue weighted by Gasteiger charge is -2.09. The third-order valence-corrected chi connectivity index (χ3v) is 3.19. The number of aromatic nitrogens is 2. The van der Waals surface area contributed by atoms with Crippen molar-refractivity contribution >= 4 is 17.5 Å². The lowest BCUT2D eigenvalue weighted by Crippen LogP contribution is -2.16. The Hall–Kier alpha value is -2.94. The van der Waals surface area contributed by atoms with Gasteiger partial charge >= 0.3 is 0 Å². The molecule has 0 aliphatic rings. The highest BCUT2D eigenvalue weighted by Crippen LogP contribution is 2.14. The minimum Gasteiger partial charge on any atom is -0.354 e. The zero-order chi connectivity index (χ0) is 16.7. The largest absolute Gasteiger partial charge is 0.354 e. The number of rotatable bonds is 6. The van der Waals surface area contributed by atoms with Crippen LogP contribution in [0.3, 0.4) is 0 Å². The molecule has 0 radical (unpaired) electrons. The Kier molecular flexibility index (Phi) is 5.64. The van der Waals surface area contributed by atoms with Crippen LogP contribution in [0, 0.1) is 17.2 Å².